The number of hydrogen-bond acceptors (Lipinski definition) is 5. The van der Waals surface area contributed by atoms with E-state index in [-0.39, 0.29) is 0 Å². The van der Waals surface area contributed by atoms with E-state index < -0.39 is 0 Å². The largest absolute Gasteiger partial charge is 0.495 e. The maximum Gasteiger partial charge on any atom is 0.174 e. The lowest BCUT2D eigenvalue weighted by Gasteiger charge is -2.11. The second kappa shape index (κ2) is 10.1. The van der Waals surface area contributed by atoms with Gasteiger partial charge in [0.15, 0.2) is 11.6 Å². The molecular weight excluding hydrogens is 402 g/mol. The Balaban J connectivity index is 0.000000300. The molecule has 0 spiro atoms. The van der Waals surface area contributed by atoms with Crippen LogP contribution in [0, 0.1) is 13.8 Å². The monoisotopic (exact) mass is 429 g/mol. The van der Waals surface area contributed by atoms with Gasteiger partial charge in [0, 0.05) is 6.20 Å². The van der Waals surface area contributed by atoms with Crippen LogP contribution in [0.2, 0.25) is 0 Å². The molecular formula is C25H27N5O2. The predicted octanol–water partition coefficient (Wildman–Crippen LogP) is 4.48. The van der Waals surface area contributed by atoms with Crippen LogP contribution >= 0.6 is 0 Å². The van der Waals surface area contributed by atoms with Crippen LogP contribution in [0.3, 0.4) is 0 Å². The van der Waals surface area contributed by atoms with Gasteiger partial charge in [-0.3, -0.25) is 0 Å². The second-order valence-corrected chi connectivity index (χ2v) is 7.50. The number of hydrogen-bond donors (Lipinski definition) is 0. The Labute approximate surface area is 188 Å². The standard InChI is InChI=1S/C18H19N5O2.C7H8/c1-13-10-22(12-19-13)15-5-3-14(9-16(15)24-2)4-6-17-20-18-11-25-8-7-23(18)21-17;1-7-5-3-2-4-6-7/h3-6,9-10,12H,7-8,11H2,1-2H3;2-6H,1H3/b6-4+;. The average molecular weight is 430 g/mol. The van der Waals surface area contributed by atoms with E-state index in [4.69, 9.17) is 9.47 Å². The van der Waals surface area contributed by atoms with E-state index in [1.807, 2.05) is 70.9 Å². The molecule has 7 nitrogen and oxygen atoms in total. The fourth-order valence-electron chi connectivity index (χ4n) is 3.33. The number of methoxy groups -OCH3 is 1. The lowest BCUT2D eigenvalue weighted by molar-refractivity contribution is 0.0769. The molecule has 32 heavy (non-hydrogen) atoms. The lowest BCUT2D eigenvalue weighted by atomic mass is 10.1. The summed E-state index contributed by atoms with van der Waals surface area (Å²) in [5.41, 5.74) is 4.25. The van der Waals surface area contributed by atoms with Gasteiger partial charge in [0.2, 0.25) is 0 Å². The Kier molecular flexibility index (Phi) is 6.77. The average Bonchev–Trinajstić information content (AvgIpc) is 3.44. The van der Waals surface area contributed by atoms with Gasteiger partial charge < -0.3 is 14.0 Å². The van der Waals surface area contributed by atoms with Crippen LogP contribution in [0.15, 0.2) is 61.1 Å². The highest BCUT2D eigenvalue weighted by Gasteiger charge is 2.12. The van der Waals surface area contributed by atoms with Crippen molar-refractivity contribution in [2.75, 3.05) is 13.7 Å². The topological polar surface area (TPSA) is 67.0 Å². The highest BCUT2D eigenvalue weighted by atomic mass is 16.5. The summed E-state index contributed by atoms with van der Waals surface area (Å²) in [6, 6.07) is 16.3. The van der Waals surface area contributed by atoms with E-state index in [2.05, 4.69) is 34.1 Å². The van der Waals surface area contributed by atoms with Crippen molar-refractivity contribution in [3.63, 3.8) is 0 Å². The van der Waals surface area contributed by atoms with Gasteiger partial charge in [-0.2, -0.15) is 5.10 Å². The van der Waals surface area contributed by atoms with Crippen LogP contribution in [0.1, 0.15) is 28.5 Å². The number of nitrogens with zero attached hydrogens (tertiary/aromatic N) is 5. The van der Waals surface area contributed by atoms with Gasteiger partial charge in [0.25, 0.3) is 0 Å². The van der Waals surface area contributed by atoms with Crippen molar-refractivity contribution in [2.45, 2.75) is 27.0 Å². The Morgan fingerprint density at radius 3 is 2.56 bits per heavy atom. The van der Waals surface area contributed by atoms with Gasteiger partial charge >= 0.3 is 0 Å². The molecule has 0 fully saturated rings. The predicted molar refractivity (Wildman–Crippen MR) is 125 cm³/mol. The van der Waals surface area contributed by atoms with Gasteiger partial charge in [-0.15, -0.1) is 0 Å². The molecule has 0 aliphatic carbocycles. The summed E-state index contributed by atoms with van der Waals surface area (Å²) < 4.78 is 14.8. The van der Waals surface area contributed by atoms with Gasteiger partial charge in [-0.25, -0.2) is 14.6 Å². The molecule has 0 saturated heterocycles. The minimum absolute atomic E-state index is 0.522. The summed E-state index contributed by atoms with van der Waals surface area (Å²) in [5, 5.41) is 4.47. The molecule has 1 aliphatic heterocycles. The minimum Gasteiger partial charge on any atom is -0.495 e. The molecule has 0 N–H and O–H groups in total. The third-order valence-electron chi connectivity index (χ3n) is 5.00. The van der Waals surface area contributed by atoms with E-state index in [0.717, 1.165) is 35.1 Å². The van der Waals surface area contributed by atoms with Crippen LogP contribution in [0.4, 0.5) is 0 Å². The molecule has 0 amide bonds. The minimum atomic E-state index is 0.522. The van der Waals surface area contributed by atoms with E-state index >= 15 is 0 Å². The Morgan fingerprint density at radius 2 is 1.91 bits per heavy atom. The number of imidazole rings is 1. The van der Waals surface area contributed by atoms with Crippen molar-refractivity contribution >= 4 is 12.2 Å². The first kappa shape index (κ1) is 21.5. The maximum absolute atomic E-state index is 5.53. The quantitative estimate of drug-likeness (QED) is 0.479. The zero-order valence-electron chi connectivity index (χ0n) is 18.6. The first-order valence-corrected chi connectivity index (χ1v) is 10.5. The van der Waals surface area contributed by atoms with Gasteiger partial charge in [0.05, 0.1) is 38.0 Å². The molecule has 5 rings (SSSR count). The summed E-state index contributed by atoms with van der Waals surface area (Å²) in [4.78, 5) is 8.74. The van der Waals surface area contributed by atoms with Crippen molar-refractivity contribution in [1.29, 1.82) is 0 Å². The van der Waals surface area contributed by atoms with E-state index in [9.17, 15) is 0 Å². The van der Waals surface area contributed by atoms with Crippen molar-refractivity contribution in [3.05, 3.63) is 89.5 Å². The molecule has 7 heteroatoms. The van der Waals surface area contributed by atoms with Crippen LogP contribution in [0.25, 0.3) is 17.8 Å². The molecule has 0 unspecified atom stereocenters. The molecule has 0 atom stereocenters. The zero-order valence-corrected chi connectivity index (χ0v) is 18.6. The molecule has 3 heterocycles. The first-order valence-electron chi connectivity index (χ1n) is 10.5. The third kappa shape index (κ3) is 5.31. The highest BCUT2D eigenvalue weighted by molar-refractivity contribution is 5.69. The number of aryl methyl sites for hydroxylation is 2. The zero-order chi connectivity index (χ0) is 22.3. The highest BCUT2D eigenvalue weighted by Crippen LogP contribution is 2.25. The van der Waals surface area contributed by atoms with Crippen molar-refractivity contribution in [2.24, 2.45) is 0 Å². The molecule has 0 radical (unpaired) electrons. The van der Waals surface area contributed by atoms with Crippen molar-refractivity contribution in [1.82, 2.24) is 24.3 Å². The number of rotatable bonds is 4. The molecule has 0 saturated carbocycles. The molecule has 0 bridgehead atoms. The van der Waals surface area contributed by atoms with Crippen molar-refractivity contribution in [3.8, 4) is 11.4 Å². The van der Waals surface area contributed by atoms with Gasteiger partial charge in [-0.05, 0) is 37.6 Å². The van der Waals surface area contributed by atoms with Gasteiger partial charge in [0.1, 0.15) is 12.4 Å². The number of fused-ring (bicyclic) bond motifs is 1. The fraction of sp³-hybridized carbons (Fsp3) is 0.240. The van der Waals surface area contributed by atoms with E-state index in [1.165, 1.54) is 5.56 Å². The number of aromatic nitrogens is 5. The van der Waals surface area contributed by atoms with E-state index in [0.29, 0.717) is 19.0 Å². The first-order chi connectivity index (χ1) is 15.6. The van der Waals surface area contributed by atoms with Crippen LogP contribution in [0.5, 0.6) is 5.75 Å². The summed E-state index contributed by atoms with van der Waals surface area (Å²) in [6.45, 7) is 6.01. The maximum atomic E-state index is 5.53. The number of benzene rings is 2. The Morgan fingerprint density at radius 1 is 1.06 bits per heavy atom. The number of ether oxygens (including phenoxy) is 2. The van der Waals surface area contributed by atoms with Gasteiger partial charge in [-0.1, -0.05) is 48.0 Å². The molecule has 164 valence electrons. The normalized spacial score (nSPS) is 12.8. The fourth-order valence-corrected chi connectivity index (χ4v) is 3.33. The summed E-state index contributed by atoms with van der Waals surface area (Å²) in [6.07, 6.45) is 7.63. The Bertz CT molecular complexity index is 1170. The summed E-state index contributed by atoms with van der Waals surface area (Å²) in [5.74, 6) is 2.34. The smallest absolute Gasteiger partial charge is 0.174 e. The second-order valence-electron chi connectivity index (χ2n) is 7.50. The lowest BCUT2D eigenvalue weighted by Crippen LogP contribution is -2.17. The molecule has 2 aromatic carbocycles. The summed E-state index contributed by atoms with van der Waals surface area (Å²) in [7, 11) is 1.67. The SMILES string of the molecule is COc1cc(/C=C/c2nc3n(n2)CCOC3)ccc1-n1cnc(C)c1.Cc1ccccc1. The Hall–Kier alpha value is -3.71. The third-order valence-corrected chi connectivity index (χ3v) is 5.00. The molecule has 1 aliphatic rings. The van der Waals surface area contributed by atoms with Crippen molar-refractivity contribution < 1.29 is 9.47 Å². The van der Waals surface area contributed by atoms with Crippen LogP contribution in [-0.4, -0.2) is 38.0 Å². The molecule has 4 aromatic rings. The van der Waals surface area contributed by atoms with Crippen LogP contribution in [-0.2, 0) is 17.9 Å². The van der Waals surface area contributed by atoms with E-state index in [1.54, 1.807) is 13.4 Å². The summed E-state index contributed by atoms with van der Waals surface area (Å²) >= 11 is 0. The molecule has 2 aromatic heterocycles. The van der Waals surface area contributed by atoms with Crippen LogP contribution < -0.4 is 4.74 Å².